The van der Waals surface area contributed by atoms with Gasteiger partial charge in [0.15, 0.2) is 0 Å². The van der Waals surface area contributed by atoms with Crippen molar-refractivity contribution in [2.24, 2.45) is 5.92 Å². The Morgan fingerprint density at radius 3 is 2.24 bits per heavy atom. The fourth-order valence-electron chi connectivity index (χ4n) is 5.08. The first kappa shape index (κ1) is 21.1. The highest BCUT2D eigenvalue weighted by molar-refractivity contribution is 7.89. The van der Waals surface area contributed by atoms with Gasteiger partial charge in [-0.2, -0.15) is 4.31 Å². The minimum absolute atomic E-state index is 0.312. The number of nitrogens with one attached hydrogen (secondary N) is 1. The molecule has 0 spiro atoms. The Labute approximate surface area is 176 Å². The summed E-state index contributed by atoms with van der Waals surface area (Å²) in [5, 5.41) is 3.52. The Hall–Kier alpha value is -1.18. The second kappa shape index (κ2) is 9.75. The zero-order valence-corrected chi connectivity index (χ0v) is 18.4. The van der Waals surface area contributed by atoms with Crippen molar-refractivity contribution in [1.29, 1.82) is 0 Å². The lowest BCUT2D eigenvalue weighted by molar-refractivity contribution is 0.168. The third-order valence-electron chi connectivity index (χ3n) is 6.87. The number of aromatic nitrogens is 1. The van der Waals surface area contributed by atoms with Crippen LogP contribution in [0.2, 0.25) is 0 Å². The van der Waals surface area contributed by atoms with Crippen molar-refractivity contribution >= 4 is 15.8 Å². The molecule has 162 valence electrons. The van der Waals surface area contributed by atoms with Crippen LogP contribution < -0.4 is 5.32 Å². The number of pyridine rings is 1. The molecule has 7 heteroatoms. The zero-order valence-electron chi connectivity index (χ0n) is 17.6. The predicted molar refractivity (Wildman–Crippen MR) is 117 cm³/mol. The molecule has 0 aromatic carbocycles. The lowest BCUT2D eigenvalue weighted by atomic mass is 9.88. The summed E-state index contributed by atoms with van der Waals surface area (Å²) in [6.45, 7) is 4.82. The lowest BCUT2D eigenvalue weighted by Gasteiger charge is -2.35. The number of piperidine rings is 2. The first-order chi connectivity index (χ1) is 14.1. The van der Waals surface area contributed by atoms with E-state index in [1.54, 1.807) is 10.4 Å². The van der Waals surface area contributed by atoms with E-state index in [1.807, 2.05) is 6.07 Å². The number of anilines is 1. The van der Waals surface area contributed by atoms with Gasteiger partial charge in [-0.15, -0.1) is 0 Å². The SMILES string of the molecule is O=S(=O)(c1ccc(NC2CCN(CC3CCCCC3)CC2)nc1)N1CCCCC1. The van der Waals surface area contributed by atoms with E-state index in [4.69, 9.17) is 0 Å². The number of sulfonamides is 1. The second-order valence-electron chi connectivity index (χ2n) is 9.07. The molecule has 1 N–H and O–H groups in total. The van der Waals surface area contributed by atoms with Gasteiger partial charge in [-0.1, -0.05) is 25.7 Å². The van der Waals surface area contributed by atoms with Gasteiger partial charge in [0.05, 0.1) is 0 Å². The third kappa shape index (κ3) is 5.50. The van der Waals surface area contributed by atoms with E-state index in [0.717, 1.165) is 56.9 Å². The third-order valence-corrected chi connectivity index (χ3v) is 8.75. The van der Waals surface area contributed by atoms with Gasteiger partial charge in [0, 0.05) is 45.0 Å². The van der Waals surface area contributed by atoms with Crippen molar-refractivity contribution in [3.05, 3.63) is 18.3 Å². The Morgan fingerprint density at radius 1 is 0.897 bits per heavy atom. The van der Waals surface area contributed by atoms with Crippen molar-refractivity contribution in [3.8, 4) is 0 Å². The summed E-state index contributed by atoms with van der Waals surface area (Å²) in [7, 11) is -3.40. The van der Waals surface area contributed by atoms with E-state index in [0.29, 0.717) is 24.0 Å². The first-order valence-electron chi connectivity index (χ1n) is 11.6. The molecule has 0 unspecified atom stereocenters. The van der Waals surface area contributed by atoms with E-state index in [9.17, 15) is 8.42 Å². The van der Waals surface area contributed by atoms with Crippen LogP contribution in [0.4, 0.5) is 5.82 Å². The van der Waals surface area contributed by atoms with Gasteiger partial charge >= 0.3 is 0 Å². The highest BCUT2D eigenvalue weighted by Crippen LogP contribution is 2.26. The summed E-state index contributed by atoms with van der Waals surface area (Å²) in [6, 6.07) is 3.96. The monoisotopic (exact) mass is 420 g/mol. The van der Waals surface area contributed by atoms with Crippen molar-refractivity contribution < 1.29 is 8.42 Å². The average molecular weight is 421 g/mol. The highest BCUT2D eigenvalue weighted by atomic mass is 32.2. The van der Waals surface area contributed by atoms with Crippen LogP contribution in [0.15, 0.2) is 23.2 Å². The van der Waals surface area contributed by atoms with Gasteiger partial charge in [-0.3, -0.25) is 0 Å². The summed E-state index contributed by atoms with van der Waals surface area (Å²) in [5.41, 5.74) is 0. The second-order valence-corrected chi connectivity index (χ2v) is 11.0. The van der Waals surface area contributed by atoms with Gasteiger partial charge in [-0.05, 0) is 56.6 Å². The zero-order chi connectivity index (χ0) is 20.1. The normalized spacial score (nSPS) is 23.9. The van der Waals surface area contributed by atoms with Crippen molar-refractivity contribution in [1.82, 2.24) is 14.2 Å². The average Bonchev–Trinajstić information content (AvgIpc) is 2.77. The smallest absolute Gasteiger partial charge is 0.244 e. The molecule has 3 aliphatic rings. The minimum atomic E-state index is -3.40. The Bertz CT molecular complexity index is 733. The molecular formula is C22H36N4O2S. The van der Waals surface area contributed by atoms with Gasteiger partial charge < -0.3 is 10.2 Å². The summed E-state index contributed by atoms with van der Waals surface area (Å²) in [6.07, 6.45) is 13.9. The number of hydrogen-bond acceptors (Lipinski definition) is 5. The van der Waals surface area contributed by atoms with Crippen LogP contribution >= 0.6 is 0 Å². The topological polar surface area (TPSA) is 65.5 Å². The van der Waals surface area contributed by atoms with Crippen LogP contribution in [0.1, 0.15) is 64.2 Å². The molecule has 3 heterocycles. The molecule has 0 amide bonds. The summed E-state index contributed by atoms with van der Waals surface area (Å²) < 4.78 is 27.1. The van der Waals surface area contributed by atoms with Crippen molar-refractivity contribution in [2.75, 3.05) is 38.0 Å². The molecule has 0 radical (unpaired) electrons. The molecule has 1 aliphatic carbocycles. The van der Waals surface area contributed by atoms with Gasteiger partial charge in [0.1, 0.15) is 10.7 Å². The fourth-order valence-corrected chi connectivity index (χ4v) is 6.54. The van der Waals surface area contributed by atoms with E-state index in [1.165, 1.54) is 44.8 Å². The Balaban J connectivity index is 1.26. The first-order valence-corrected chi connectivity index (χ1v) is 13.0. The van der Waals surface area contributed by atoms with E-state index < -0.39 is 10.0 Å². The molecule has 0 atom stereocenters. The van der Waals surface area contributed by atoms with E-state index >= 15 is 0 Å². The van der Waals surface area contributed by atoms with Crippen LogP contribution in [0.25, 0.3) is 0 Å². The Kier molecular flexibility index (Phi) is 7.08. The lowest BCUT2D eigenvalue weighted by Crippen LogP contribution is -2.41. The van der Waals surface area contributed by atoms with Gasteiger partial charge in [0.25, 0.3) is 0 Å². The molecule has 1 saturated carbocycles. The molecule has 2 aliphatic heterocycles. The molecule has 1 aromatic rings. The molecule has 0 bridgehead atoms. The maximum atomic E-state index is 12.7. The number of rotatable bonds is 6. The predicted octanol–water partition coefficient (Wildman–Crippen LogP) is 3.71. The fraction of sp³-hybridized carbons (Fsp3) is 0.773. The quantitative estimate of drug-likeness (QED) is 0.760. The molecule has 6 nitrogen and oxygen atoms in total. The minimum Gasteiger partial charge on any atom is -0.367 e. The largest absolute Gasteiger partial charge is 0.367 e. The number of nitrogens with zero attached hydrogens (tertiary/aromatic N) is 3. The standard InChI is InChI=1S/C22H36N4O2S/c27-29(28,26-13-5-2-6-14-26)21-9-10-22(23-17-21)24-20-11-15-25(16-12-20)18-19-7-3-1-4-8-19/h9-10,17,19-20H,1-8,11-16,18H2,(H,23,24). The molecule has 2 saturated heterocycles. The van der Waals surface area contributed by atoms with E-state index in [-0.39, 0.29) is 0 Å². The highest BCUT2D eigenvalue weighted by Gasteiger charge is 2.27. The van der Waals surface area contributed by atoms with Crippen LogP contribution in [0, 0.1) is 5.92 Å². The maximum absolute atomic E-state index is 12.7. The van der Waals surface area contributed by atoms with Crippen molar-refractivity contribution in [3.63, 3.8) is 0 Å². The molecule has 29 heavy (non-hydrogen) atoms. The summed E-state index contributed by atoms with van der Waals surface area (Å²) in [4.78, 5) is 7.36. The van der Waals surface area contributed by atoms with Gasteiger partial charge in [-0.25, -0.2) is 13.4 Å². The molecule has 3 fully saturated rings. The van der Waals surface area contributed by atoms with E-state index in [2.05, 4.69) is 15.2 Å². The Morgan fingerprint density at radius 2 is 1.59 bits per heavy atom. The number of likely N-dealkylation sites (tertiary alicyclic amines) is 1. The van der Waals surface area contributed by atoms with Crippen LogP contribution in [-0.4, -0.2) is 61.4 Å². The maximum Gasteiger partial charge on any atom is 0.244 e. The molecular weight excluding hydrogens is 384 g/mol. The molecule has 4 rings (SSSR count). The summed E-state index contributed by atoms with van der Waals surface area (Å²) >= 11 is 0. The van der Waals surface area contributed by atoms with Gasteiger partial charge in [0.2, 0.25) is 10.0 Å². The van der Waals surface area contributed by atoms with Crippen LogP contribution in [0.3, 0.4) is 0 Å². The number of hydrogen-bond donors (Lipinski definition) is 1. The van der Waals surface area contributed by atoms with Crippen LogP contribution in [-0.2, 0) is 10.0 Å². The summed E-state index contributed by atoms with van der Waals surface area (Å²) in [5.74, 6) is 1.69. The molecule has 1 aromatic heterocycles. The van der Waals surface area contributed by atoms with Crippen molar-refractivity contribution in [2.45, 2.75) is 75.1 Å². The van der Waals surface area contributed by atoms with Crippen LogP contribution in [0.5, 0.6) is 0 Å².